The van der Waals surface area contributed by atoms with Gasteiger partial charge in [0.05, 0.1) is 23.8 Å². The first-order valence-corrected chi connectivity index (χ1v) is 13.5. The number of piperidine rings is 1. The van der Waals surface area contributed by atoms with Crippen molar-refractivity contribution in [3.63, 3.8) is 0 Å². The molecule has 0 aliphatic carbocycles. The topological polar surface area (TPSA) is 79.4 Å². The third kappa shape index (κ3) is 4.81. The number of oxazole rings is 1. The zero-order valence-electron chi connectivity index (χ0n) is 22.1. The van der Waals surface area contributed by atoms with Crippen molar-refractivity contribution in [3.8, 4) is 17.5 Å². The summed E-state index contributed by atoms with van der Waals surface area (Å²) in [6, 6.07) is 19.8. The Labute approximate surface area is 227 Å². The first-order valence-electron chi connectivity index (χ1n) is 13.5. The van der Waals surface area contributed by atoms with Crippen LogP contribution in [0.5, 0.6) is 0 Å². The predicted octanol–water partition coefficient (Wildman–Crippen LogP) is 6.81. The monoisotopic (exact) mass is 523 g/mol. The van der Waals surface area contributed by atoms with Gasteiger partial charge in [0.2, 0.25) is 5.89 Å². The Morgan fingerprint density at radius 1 is 1.10 bits per heavy atom. The van der Waals surface area contributed by atoms with Crippen LogP contribution in [0.3, 0.4) is 0 Å². The van der Waals surface area contributed by atoms with Crippen molar-refractivity contribution in [1.82, 2.24) is 9.88 Å². The average Bonchev–Trinajstić information content (AvgIpc) is 3.57. The summed E-state index contributed by atoms with van der Waals surface area (Å²) in [6.07, 6.45) is 2.48. The molecule has 2 fully saturated rings. The molecule has 4 aromatic rings. The number of benzene rings is 3. The van der Waals surface area contributed by atoms with Crippen LogP contribution in [0.4, 0.5) is 4.39 Å². The molecule has 1 atom stereocenters. The number of carbonyl (C=O) groups is 1. The van der Waals surface area contributed by atoms with E-state index in [0.29, 0.717) is 47.8 Å². The second-order valence-corrected chi connectivity index (χ2v) is 11.0. The second-order valence-electron chi connectivity index (χ2n) is 11.0. The summed E-state index contributed by atoms with van der Waals surface area (Å²) in [7, 11) is 0. The quantitative estimate of drug-likeness (QED) is 0.294. The summed E-state index contributed by atoms with van der Waals surface area (Å²) in [5.41, 5.74) is 5.15. The van der Waals surface area contributed by atoms with E-state index < -0.39 is 0 Å². The maximum absolute atomic E-state index is 13.3. The van der Waals surface area contributed by atoms with E-state index in [1.807, 2.05) is 47.4 Å². The number of rotatable bonds is 4. The zero-order chi connectivity index (χ0) is 27.1. The van der Waals surface area contributed by atoms with Crippen LogP contribution >= 0.6 is 0 Å². The standard InChI is InChI=1S/C32H30FN3O3/c1-20(2)27-15-21(18-34)16-28-29(27)39-30(35-28)23-3-5-24(6-4-23)31(37)36-13-11-32(12-14-36)17-25(19-38-32)22-7-9-26(33)10-8-22/h3-10,15-16,20,25H,11-14,17,19H2,1-2H3. The SMILES string of the molecule is CC(C)c1cc(C#N)cc2nc(-c3ccc(C(=O)N4CCC5(CC4)CC(c4ccc(F)cc4)CO5)cc3)oc12. The Morgan fingerprint density at radius 3 is 2.49 bits per heavy atom. The summed E-state index contributed by atoms with van der Waals surface area (Å²) in [6.45, 7) is 6.03. The molecule has 0 saturated carbocycles. The first-order chi connectivity index (χ1) is 18.8. The van der Waals surface area contributed by atoms with E-state index in [-0.39, 0.29) is 29.2 Å². The van der Waals surface area contributed by atoms with Gasteiger partial charge < -0.3 is 14.1 Å². The number of halogens is 1. The fourth-order valence-corrected chi connectivity index (χ4v) is 5.87. The minimum absolute atomic E-state index is 0.00260. The van der Waals surface area contributed by atoms with Crippen molar-refractivity contribution in [2.45, 2.75) is 50.5 Å². The number of fused-ring (bicyclic) bond motifs is 1. The van der Waals surface area contributed by atoms with Crippen molar-refractivity contribution in [2.24, 2.45) is 0 Å². The molecule has 6 rings (SSSR count). The van der Waals surface area contributed by atoms with Gasteiger partial charge in [0.1, 0.15) is 11.3 Å². The van der Waals surface area contributed by atoms with E-state index in [1.165, 1.54) is 12.1 Å². The van der Waals surface area contributed by atoms with Crippen LogP contribution in [0, 0.1) is 17.1 Å². The minimum atomic E-state index is -0.226. The summed E-state index contributed by atoms with van der Waals surface area (Å²) in [4.78, 5) is 19.8. The van der Waals surface area contributed by atoms with E-state index in [4.69, 9.17) is 9.15 Å². The molecule has 1 aromatic heterocycles. The summed E-state index contributed by atoms with van der Waals surface area (Å²) in [5, 5.41) is 9.38. The fraction of sp³-hybridized carbons (Fsp3) is 0.344. The lowest BCUT2D eigenvalue weighted by Crippen LogP contribution is -2.46. The molecular weight excluding hydrogens is 493 g/mol. The summed E-state index contributed by atoms with van der Waals surface area (Å²) < 4.78 is 25.7. The molecule has 1 unspecified atom stereocenters. The van der Waals surface area contributed by atoms with Gasteiger partial charge in [0.15, 0.2) is 5.58 Å². The minimum Gasteiger partial charge on any atom is -0.436 e. The number of hydrogen-bond donors (Lipinski definition) is 0. The molecule has 2 aliphatic heterocycles. The number of aromatic nitrogens is 1. The predicted molar refractivity (Wildman–Crippen MR) is 146 cm³/mol. The molecule has 2 aliphatic rings. The van der Waals surface area contributed by atoms with Crippen molar-refractivity contribution < 1.29 is 18.3 Å². The maximum Gasteiger partial charge on any atom is 0.253 e. The van der Waals surface area contributed by atoms with Crippen LogP contribution in [0.1, 0.15) is 72.0 Å². The number of likely N-dealkylation sites (tertiary alicyclic amines) is 1. The lowest BCUT2D eigenvalue weighted by Gasteiger charge is -2.38. The van der Waals surface area contributed by atoms with Gasteiger partial charge in [0.25, 0.3) is 5.91 Å². The molecular formula is C32H30FN3O3. The van der Waals surface area contributed by atoms with E-state index in [2.05, 4.69) is 24.9 Å². The van der Waals surface area contributed by atoms with Gasteiger partial charge in [0, 0.05) is 35.7 Å². The van der Waals surface area contributed by atoms with Gasteiger partial charge in [-0.15, -0.1) is 0 Å². The summed E-state index contributed by atoms with van der Waals surface area (Å²) in [5.74, 6) is 0.692. The van der Waals surface area contributed by atoms with Gasteiger partial charge >= 0.3 is 0 Å². The molecule has 1 amide bonds. The fourth-order valence-electron chi connectivity index (χ4n) is 5.87. The highest BCUT2D eigenvalue weighted by Crippen LogP contribution is 2.43. The number of amides is 1. The Kier molecular flexibility index (Phi) is 6.44. The lowest BCUT2D eigenvalue weighted by atomic mass is 9.83. The van der Waals surface area contributed by atoms with Crippen LogP contribution < -0.4 is 0 Å². The first kappa shape index (κ1) is 25.3. The molecule has 1 spiro atoms. The Bertz CT molecular complexity index is 1560. The molecule has 2 saturated heterocycles. The van der Waals surface area contributed by atoms with Crippen LogP contribution in [0.2, 0.25) is 0 Å². The zero-order valence-corrected chi connectivity index (χ0v) is 22.1. The van der Waals surface area contributed by atoms with Gasteiger partial charge in [-0.05, 0) is 79.3 Å². The van der Waals surface area contributed by atoms with Crippen molar-refractivity contribution in [2.75, 3.05) is 19.7 Å². The Hall–Kier alpha value is -4.02. The third-order valence-corrected chi connectivity index (χ3v) is 8.16. The van der Waals surface area contributed by atoms with Crippen molar-refractivity contribution in [3.05, 3.63) is 88.7 Å². The summed E-state index contributed by atoms with van der Waals surface area (Å²) >= 11 is 0. The van der Waals surface area contributed by atoms with Gasteiger partial charge in [-0.25, -0.2) is 9.37 Å². The highest BCUT2D eigenvalue weighted by molar-refractivity contribution is 5.94. The molecule has 0 N–H and O–H groups in total. The van der Waals surface area contributed by atoms with E-state index in [1.54, 1.807) is 6.07 Å². The molecule has 0 bridgehead atoms. The number of hydrogen-bond acceptors (Lipinski definition) is 5. The molecule has 0 radical (unpaired) electrons. The Balaban J connectivity index is 1.13. The maximum atomic E-state index is 13.3. The van der Waals surface area contributed by atoms with Crippen LogP contribution in [0.25, 0.3) is 22.6 Å². The normalized spacial score (nSPS) is 18.6. The smallest absolute Gasteiger partial charge is 0.253 e. The number of carbonyl (C=O) groups excluding carboxylic acids is 1. The van der Waals surface area contributed by atoms with Crippen LogP contribution in [0.15, 0.2) is 65.1 Å². The van der Waals surface area contributed by atoms with Gasteiger partial charge in [-0.3, -0.25) is 4.79 Å². The largest absolute Gasteiger partial charge is 0.436 e. The van der Waals surface area contributed by atoms with Gasteiger partial charge in [-0.1, -0.05) is 26.0 Å². The number of ether oxygens (including phenoxy) is 1. The number of nitrogens with zero attached hydrogens (tertiary/aromatic N) is 3. The average molecular weight is 524 g/mol. The molecule has 6 nitrogen and oxygen atoms in total. The van der Waals surface area contributed by atoms with Gasteiger partial charge in [-0.2, -0.15) is 5.26 Å². The molecule has 198 valence electrons. The van der Waals surface area contributed by atoms with E-state index in [9.17, 15) is 14.4 Å². The van der Waals surface area contributed by atoms with Crippen molar-refractivity contribution in [1.29, 1.82) is 5.26 Å². The number of nitriles is 1. The third-order valence-electron chi connectivity index (χ3n) is 8.16. The van der Waals surface area contributed by atoms with E-state index in [0.717, 1.165) is 36.0 Å². The highest BCUT2D eigenvalue weighted by Gasteiger charge is 2.43. The molecule has 3 heterocycles. The lowest BCUT2D eigenvalue weighted by molar-refractivity contribution is -0.0388. The molecule has 3 aromatic carbocycles. The van der Waals surface area contributed by atoms with Crippen LogP contribution in [-0.2, 0) is 4.74 Å². The van der Waals surface area contributed by atoms with E-state index >= 15 is 0 Å². The highest BCUT2D eigenvalue weighted by atomic mass is 19.1. The van der Waals surface area contributed by atoms with Crippen molar-refractivity contribution >= 4 is 17.0 Å². The molecule has 7 heteroatoms. The van der Waals surface area contributed by atoms with Crippen LogP contribution in [-0.4, -0.2) is 41.1 Å². The Morgan fingerprint density at radius 2 is 1.82 bits per heavy atom. The molecule has 39 heavy (non-hydrogen) atoms. The second kappa shape index (κ2) is 9.94.